The van der Waals surface area contributed by atoms with Crippen LogP contribution in [-0.2, 0) is 0 Å². The topological polar surface area (TPSA) is 62.3 Å². The molecule has 140 valence electrons. The van der Waals surface area contributed by atoms with Crippen LogP contribution >= 0.6 is 0 Å². The lowest BCUT2D eigenvalue weighted by Gasteiger charge is -2.30. The first-order chi connectivity index (χ1) is 12.6. The molecule has 1 unspecified atom stereocenters. The van der Waals surface area contributed by atoms with E-state index in [0.717, 1.165) is 45.2 Å². The molecule has 1 aliphatic heterocycles. The van der Waals surface area contributed by atoms with Crippen LogP contribution in [0.3, 0.4) is 0 Å². The summed E-state index contributed by atoms with van der Waals surface area (Å²) in [6.45, 7) is 4.35. The molecule has 1 N–H and O–H groups in total. The molecule has 1 saturated heterocycles. The van der Waals surface area contributed by atoms with Gasteiger partial charge in [0.15, 0.2) is 0 Å². The lowest BCUT2D eigenvalue weighted by Crippen LogP contribution is -2.39. The molecule has 1 fully saturated rings. The Morgan fingerprint density at radius 3 is 2.96 bits per heavy atom. The number of carbonyl (C=O) groups excluding carboxylic acids is 2. The Hall–Kier alpha value is -2.17. The lowest BCUT2D eigenvalue weighted by molar-refractivity contribution is 0.0677. The van der Waals surface area contributed by atoms with Gasteiger partial charge in [-0.25, -0.2) is 0 Å². The quantitative estimate of drug-likeness (QED) is 0.821. The van der Waals surface area contributed by atoms with E-state index in [9.17, 15) is 9.59 Å². The van der Waals surface area contributed by atoms with Crippen LogP contribution in [0.5, 0.6) is 0 Å². The van der Waals surface area contributed by atoms with E-state index in [2.05, 4.69) is 23.3 Å². The summed E-state index contributed by atoms with van der Waals surface area (Å²) in [6.07, 6.45) is 11.8. The number of rotatable bonds is 5. The van der Waals surface area contributed by atoms with Crippen molar-refractivity contribution in [3.8, 4) is 0 Å². The molecule has 0 radical (unpaired) electrons. The fourth-order valence-electron chi connectivity index (χ4n) is 3.79. The Labute approximate surface area is 155 Å². The van der Waals surface area contributed by atoms with Crippen LogP contribution in [0.1, 0.15) is 72.7 Å². The van der Waals surface area contributed by atoms with Gasteiger partial charge >= 0.3 is 0 Å². The van der Waals surface area contributed by atoms with Crippen LogP contribution in [0.2, 0.25) is 0 Å². The maximum Gasteiger partial charge on any atom is 0.272 e. The highest BCUT2D eigenvalue weighted by molar-refractivity contribution is 5.98. The van der Waals surface area contributed by atoms with Crippen LogP contribution in [0.15, 0.2) is 30.0 Å². The van der Waals surface area contributed by atoms with E-state index in [4.69, 9.17) is 0 Å². The third-order valence-electron chi connectivity index (χ3n) is 5.30. The van der Waals surface area contributed by atoms with Crippen molar-refractivity contribution in [3.63, 3.8) is 0 Å². The molecule has 1 aliphatic carbocycles. The molecule has 2 aliphatic rings. The van der Waals surface area contributed by atoms with Crippen molar-refractivity contribution in [2.75, 3.05) is 19.6 Å². The number of carbonyl (C=O) groups is 2. The summed E-state index contributed by atoms with van der Waals surface area (Å²) in [5.41, 5.74) is 2.31. The van der Waals surface area contributed by atoms with Crippen LogP contribution < -0.4 is 5.32 Å². The van der Waals surface area contributed by atoms with E-state index < -0.39 is 0 Å². The molecule has 5 nitrogen and oxygen atoms in total. The number of amides is 2. The molecule has 26 heavy (non-hydrogen) atoms. The first-order valence-electron chi connectivity index (χ1n) is 9.85. The van der Waals surface area contributed by atoms with Crippen LogP contribution in [0.4, 0.5) is 0 Å². The number of allylic oxidation sites excluding steroid dienone is 1. The number of likely N-dealkylation sites (tertiary alicyclic amines) is 1. The second-order valence-electron chi connectivity index (χ2n) is 7.54. The Morgan fingerprint density at radius 1 is 1.31 bits per heavy atom. The molecule has 1 aromatic rings. The molecule has 5 heteroatoms. The van der Waals surface area contributed by atoms with Crippen LogP contribution in [0.25, 0.3) is 0 Å². The van der Waals surface area contributed by atoms with Crippen molar-refractivity contribution in [2.24, 2.45) is 5.92 Å². The first kappa shape index (κ1) is 18.6. The van der Waals surface area contributed by atoms with Gasteiger partial charge in [0.2, 0.25) is 0 Å². The molecule has 0 bridgehead atoms. The Morgan fingerprint density at radius 2 is 2.19 bits per heavy atom. The zero-order valence-corrected chi connectivity index (χ0v) is 15.7. The highest BCUT2D eigenvalue weighted by Gasteiger charge is 2.23. The van der Waals surface area contributed by atoms with Gasteiger partial charge in [-0.2, -0.15) is 0 Å². The van der Waals surface area contributed by atoms with Crippen molar-refractivity contribution < 1.29 is 9.59 Å². The molecule has 3 rings (SSSR count). The molecule has 1 aromatic heterocycles. The van der Waals surface area contributed by atoms with Gasteiger partial charge in [-0.05, 0) is 63.0 Å². The standard InChI is InChI=1S/C21H29N3O2/c1-16-6-5-13-24(15-16)21(26)19-14-18(10-12-22-19)20(25)23-11-9-17-7-3-2-4-8-17/h7,10,12,14,16H,2-6,8-9,11,13,15H2,1H3,(H,23,25). The van der Waals surface area contributed by atoms with Crippen molar-refractivity contribution in [1.82, 2.24) is 15.2 Å². The van der Waals surface area contributed by atoms with Crippen molar-refractivity contribution in [1.29, 1.82) is 0 Å². The minimum Gasteiger partial charge on any atom is -0.352 e. The van der Waals surface area contributed by atoms with Gasteiger partial charge in [0.1, 0.15) is 5.69 Å². The van der Waals surface area contributed by atoms with Gasteiger partial charge in [0, 0.05) is 31.4 Å². The minimum absolute atomic E-state index is 0.0708. The maximum atomic E-state index is 12.7. The number of nitrogens with one attached hydrogen (secondary N) is 1. The SMILES string of the molecule is CC1CCCN(C(=O)c2cc(C(=O)NCCC3=CCCCC3)ccn2)C1. The van der Waals surface area contributed by atoms with E-state index in [1.54, 1.807) is 18.3 Å². The zero-order chi connectivity index (χ0) is 18.4. The van der Waals surface area contributed by atoms with E-state index >= 15 is 0 Å². The Kier molecular flexibility index (Phi) is 6.42. The molecular formula is C21H29N3O2. The fraction of sp³-hybridized carbons (Fsp3) is 0.571. The van der Waals surface area contributed by atoms with E-state index in [0.29, 0.717) is 23.7 Å². The Bertz CT molecular complexity index is 684. The highest BCUT2D eigenvalue weighted by atomic mass is 16.2. The minimum atomic E-state index is -0.134. The Balaban J connectivity index is 1.56. The second kappa shape index (κ2) is 8.97. The highest BCUT2D eigenvalue weighted by Crippen LogP contribution is 2.20. The van der Waals surface area contributed by atoms with Gasteiger partial charge in [0.25, 0.3) is 11.8 Å². The van der Waals surface area contributed by atoms with Gasteiger partial charge in [-0.1, -0.05) is 18.6 Å². The third-order valence-corrected chi connectivity index (χ3v) is 5.30. The van der Waals surface area contributed by atoms with Gasteiger partial charge < -0.3 is 10.2 Å². The monoisotopic (exact) mass is 355 g/mol. The number of pyridine rings is 1. The molecule has 0 spiro atoms. The maximum absolute atomic E-state index is 12.7. The number of piperidine rings is 1. The van der Waals surface area contributed by atoms with Gasteiger partial charge in [-0.3, -0.25) is 14.6 Å². The average Bonchev–Trinajstić information content (AvgIpc) is 2.68. The summed E-state index contributed by atoms with van der Waals surface area (Å²) in [4.78, 5) is 31.1. The predicted octanol–water partition coefficient (Wildman–Crippen LogP) is 3.57. The summed E-state index contributed by atoms with van der Waals surface area (Å²) in [6, 6.07) is 3.29. The predicted molar refractivity (Wildman–Crippen MR) is 102 cm³/mol. The van der Waals surface area contributed by atoms with E-state index in [-0.39, 0.29) is 11.8 Å². The molecule has 2 heterocycles. The summed E-state index contributed by atoms with van der Waals surface area (Å²) in [7, 11) is 0. The van der Waals surface area contributed by atoms with E-state index in [1.807, 2.05) is 4.90 Å². The zero-order valence-electron chi connectivity index (χ0n) is 15.7. The number of nitrogens with zero attached hydrogens (tertiary/aromatic N) is 2. The molecule has 0 saturated carbocycles. The molecule has 0 aromatic carbocycles. The number of hydrogen-bond donors (Lipinski definition) is 1. The normalized spacial score (nSPS) is 20.4. The third kappa shape index (κ3) is 4.93. The van der Waals surface area contributed by atoms with E-state index in [1.165, 1.54) is 18.4 Å². The second-order valence-corrected chi connectivity index (χ2v) is 7.54. The molecule has 2 amide bonds. The summed E-state index contributed by atoms with van der Waals surface area (Å²) >= 11 is 0. The number of aromatic nitrogens is 1. The van der Waals surface area contributed by atoms with Crippen LogP contribution in [0, 0.1) is 5.92 Å². The summed E-state index contributed by atoms with van der Waals surface area (Å²) in [5, 5.41) is 2.97. The summed E-state index contributed by atoms with van der Waals surface area (Å²) < 4.78 is 0. The first-order valence-corrected chi connectivity index (χ1v) is 9.85. The lowest BCUT2D eigenvalue weighted by atomic mass is 9.97. The summed E-state index contributed by atoms with van der Waals surface area (Å²) in [5.74, 6) is 0.316. The molecule has 1 atom stereocenters. The van der Waals surface area contributed by atoms with Gasteiger partial charge in [0.05, 0.1) is 0 Å². The molecular weight excluding hydrogens is 326 g/mol. The number of hydrogen-bond acceptors (Lipinski definition) is 3. The van der Waals surface area contributed by atoms with Crippen molar-refractivity contribution >= 4 is 11.8 Å². The fourth-order valence-corrected chi connectivity index (χ4v) is 3.79. The smallest absolute Gasteiger partial charge is 0.272 e. The van der Waals surface area contributed by atoms with Gasteiger partial charge in [-0.15, -0.1) is 0 Å². The average molecular weight is 355 g/mol. The largest absolute Gasteiger partial charge is 0.352 e. The van der Waals surface area contributed by atoms with Crippen molar-refractivity contribution in [2.45, 2.75) is 51.9 Å². The van der Waals surface area contributed by atoms with Crippen molar-refractivity contribution in [3.05, 3.63) is 41.2 Å². The van der Waals surface area contributed by atoms with Crippen LogP contribution in [-0.4, -0.2) is 41.3 Å².